The molecule has 0 aliphatic carbocycles. The maximum Gasteiger partial charge on any atom is 0.164 e. The maximum atomic E-state index is 6.35. The fraction of sp³-hybridized carbons (Fsp3) is 0.0476. The van der Waals surface area contributed by atoms with Crippen LogP contribution >= 0.6 is 35.1 Å². The normalized spacial score (nSPS) is 11.0. The van der Waals surface area contributed by atoms with Gasteiger partial charge in [0.05, 0.1) is 16.2 Å². The summed E-state index contributed by atoms with van der Waals surface area (Å²) in [5, 5.41) is 5.41. The number of nitrogens with zero attached hydrogens (tertiary/aromatic N) is 3. The van der Waals surface area contributed by atoms with E-state index in [0.29, 0.717) is 21.5 Å². The molecular formula is C21H17Cl2N5S. The summed E-state index contributed by atoms with van der Waals surface area (Å²) in [4.78, 5) is 5.38. The van der Waals surface area contributed by atoms with Crippen molar-refractivity contribution in [3.8, 4) is 11.1 Å². The van der Waals surface area contributed by atoms with Crippen LogP contribution in [0.25, 0.3) is 22.3 Å². The van der Waals surface area contributed by atoms with Crippen LogP contribution in [-0.2, 0) is 0 Å². The van der Waals surface area contributed by atoms with Crippen LogP contribution in [0.4, 0.5) is 11.5 Å². The quantitative estimate of drug-likeness (QED) is 0.348. The number of benzene rings is 2. The second kappa shape index (κ2) is 7.99. The van der Waals surface area contributed by atoms with Gasteiger partial charge in [0.15, 0.2) is 5.65 Å². The van der Waals surface area contributed by atoms with E-state index in [1.165, 1.54) is 11.9 Å². The molecule has 4 rings (SSSR count). The minimum atomic E-state index is 0.528. The van der Waals surface area contributed by atoms with Gasteiger partial charge in [-0.25, -0.2) is 4.98 Å². The highest BCUT2D eigenvalue weighted by atomic mass is 35.5. The average Bonchev–Trinajstić information content (AvgIpc) is 3.15. The first kappa shape index (κ1) is 19.6. The lowest BCUT2D eigenvalue weighted by Gasteiger charge is -2.10. The summed E-state index contributed by atoms with van der Waals surface area (Å²) in [5.74, 6) is 0.531. The van der Waals surface area contributed by atoms with Gasteiger partial charge in [0.2, 0.25) is 0 Å². The van der Waals surface area contributed by atoms with Crippen LogP contribution in [0.15, 0.2) is 66.3 Å². The third kappa shape index (κ3) is 3.79. The Morgan fingerprint density at radius 3 is 2.62 bits per heavy atom. The van der Waals surface area contributed by atoms with Crippen molar-refractivity contribution in [1.29, 1.82) is 0 Å². The van der Waals surface area contributed by atoms with E-state index in [9.17, 15) is 0 Å². The molecule has 5 nitrogen and oxygen atoms in total. The fourth-order valence-electron chi connectivity index (χ4n) is 2.87. The molecular weight excluding hydrogens is 425 g/mol. The van der Waals surface area contributed by atoms with Gasteiger partial charge in [0.25, 0.3) is 0 Å². The Labute approximate surface area is 182 Å². The Morgan fingerprint density at radius 2 is 1.90 bits per heavy atom. The lowest BCUT2D eigenvalue weighted by molar-refractivity contribution is 0.954. The number of fused-ring (bicyclic) bond motifs is 1. The molecule has 0 aliphatic rings. The zero-order valence-corrected chi connectivity index (χ0v) is 17.8. The Morgan fingerprint density at radius 1 is 1.14 bits per heavy atom. The largest absolute Gasteiger partial charge is 0.383 e. The molecule has 0 saturated carbocycles. The van der Waals surface area contributed by atoms with Crippen LogP contribution in [0.5, 0.6) is 0 Å². The zero-order valence-electron chi connectivity index (χ0n) is 15.5. The van der Waals surface area contributed by atoms with Crippen molar-refractivity contribution >= 4 is 57.9 Å². The second-order valence-electron chi connectivity index (χ2n) is 6.46. The molecule has 0 atom stereocenters. The number of hydrogen-bond donors (Lipinski definition) is 2. The van der Waals surface area contributed by atoms with Crippen molar-refractivity contribution in [1.82, 2.24) is 14.6 Å². The summed E-state index contributed by atoms with van der Waals surface area (Å²) in [7, 11) is 0. The van der Waals surface area contributed by atoms with Gasteiger partial charge < -0.3 is 10.5 Å². The van der Waals surface area contributed by atoms with Gasteiger partial charge >= 0.3 is 0 Å². The van der Waals surface area contributed by atoms with Crippen molar-refractivity contribution in [2.45, 2.75) is 11.8 Å². The van der Waals surface area contributed by atoms with E-state index < -0.39 is 0 Å². The molecule has 2 aromatic carbocycles. The molecule has 29 heavy (non-hydrogen) atoms. The van der Waals surface area contributed by atoms with Crippen LogP contribution in [0.2, 0.25) is 10.0 Å². The van der Waals surface area contributed by atoms with Gasteiger partial charge in [-0.1, -0.05) is 48.0 Å². The van der Waals surface area contributed by atoms with Gasteiger partial charge in [0, 0.05) is 27.9 Å². The predicted octanol–water partition coefficient (Wildman–Crippen LogP) is 6.44. The monoisotopic (exact) mass is 441 g/mol. The highest BCUT2D eigenvalue weighted by Crippen LogP contribution is 2.34. The van der Waals surface area contributed by atoms with Gasteiger partial charge in [-0.2, -0.15) is 9.61 Å². The predicted molar refractivity (Wildman–Crippen MR) is 123 cm³/mol. The van der Waals surface area contributed by atoms with Crippen molar-refractivity contribution in [2.24, 2.45) is 0 Å². The van der Waals surface area contributed by atoms with Crippen LogP contribution in [-0.4, -0.2) is 14.6 Å². The number of allylic oxidation sites excluding steroid dienone is 1. The first-order valence-corrected chi connectivity index (χ1v) is 10.3. The standard InChI is InChI=1S/C21H17Cl2N5S/c1-12(2)15-11-26-28-20(24)16(10-25-21(15)28)13-6-8-14(9-7-13)27-29-18-5-3-4-17(22)19(18)23/h3-11,27H,1,24H2,2H3. The van der Waals surface area contributed by atoms with E-state index in [-0.39, 0.29) is 0 Å². The Kier molecular flexibility index (Phi) is 5.41. The summed E-state index contributed by atoms with van der Waals surface area (Å²) in [5.41, 5.74) is 11.5. The van der Waals surface area contributed by atoms with Crippen molar-refractivity contribution in [3.05, 3.63) is 77.0 Å². The SMILES string of the molecule is C=C(C)c1cnn2c(N)c(-c3ccc(NSc4cccc(Cl)c4Cl)cc3)cnc12. The Hall–Kier alpha value is -2.67. The number of nitrogens with two attached hydrogens (primary N) is 1. The van der Waals surface area contributed by atoms with Gasteiger partial charge in [-0.3, -0.25) is 0 Å². The number of halogens is 2. The molecule has 8 heteroatoms. The molecule has 0 unspecified atom stereocenters. The molecule has 146 valence electrons. The molecule has 4 aromatic rings. The first-order valence-electron chi connectivity index (χ1n) is 8.71. The van der Waals surface area contributed by atoms with E-state index >= 15 is 0 Å². The fourth-order valence-corrected chi connectivity index (χ4v) is 4.05. The minimum absolute atomic E-state index is 0.528. The lowest BCUT2D eigenvalue weighted by Crippen LogP contribution is -2.03. The average molecular weight is 442 g/mol. The van der Waals surface area contributed by atoms with Crippen molar-refractivity contribution < 1.29 is 0 Å². The summed E-state index contributed by atoms with van der Waals surface area (Å²) in [6.07, 6.45) is 3.50. The molecule has 0 aliphatic heterocycles. The highest BCUT2D eigenvalue weighted by molar-refractivity contribution is 8.00. The minimum Gasteiger partial charge on any atom is -0.383 e. The number of hydrogen-bond acceptors (Lipinski definition) is 5. The Balaban J connectivity index is 1.57. The zero-order chi connectivity index (χ0) is 20.5. The molecule has 0 bridgehead atoms. The lowest BCUT2D eigenvalue weighted by atomic mass is 10.1. The van der Waals surface area contributed by atoms with Crippen molar-refractivity contribution in [2.75, 3.05) is 10.5 Å². The number of nitrogens with one attached hydrogen (secondary N) is 1. The van der Waals surface area contributed by atoms with Crippen LogP contribution in [0.1, 0.15) is 12.5 Å². The van der Waals surface area contributed by atoms with Gasteiger partial charge in [-0.15, -0.1) is 0 Å². The summed E-state index contributed by atoms with van der Waals surface area (Å²) in [6, 6.07) is 13.4. The van der Waals surface area contributed by atoms with Crippen LogP contribution in [0.3, 0.4) is 0 Å². The summed E-state index contributed by atoms with van der Waals surface area (Å²) < 4.78 is 4.91. The number of rotatable bonds is 5. The van der Waals surface area contributed by atoms with E-state index in [4.69, 9.17) is 28.9 Å². The van der Waals surface area contributed by atoms with Gasteiger partial charge in [-0.05, 0) is 54.3 Å². The van der Waals surface area contributed by atoms with E-state index in [0.717, 1.165) is 32.8 Å². The highest BCUT2D eigenvalue weighted by Gasteiger charge is 2.13. The Bertz CT molecular complexity index is 1220. The number of aromatic nitrogens is 3. The first-order chi connectivity index (χ1) is 14.0. The third-order valence-electron chi connectivity index (χ3n) is 4.41. The molecule has 0 spiro atoms. The second-order valence-corrected chi connectivity index (χ2v) is 8.10. The van der Waals surface area contributed by atoms with E-state index in [1.807, 2.05) is 43.3 Å². The van der Waals surface area contributed by atoms with Gasteiger partial charge in [0.1, 0.15) is 5.82 Å². The molecule has 0 fully saturated rings. The molecule has 2 aromatic heterocycles. The summed E-state index contributed by atoms with van der Waals surface area (Å²) >= 11 is 13.7. The van der Waals surface area contributed by atoms with Crippen molar-refractivity contribution in [3.63, 3.8) is 0 Å². The topological polar surface area (TPSA) is 68.2 Å². The molecule has 3 N–H and O–H groups in total. The van der Waals surface area contributed by atoms with Crippen LogP contribution < -0.4 is 10.5 Å². The maximum absolute atomic E-state index is 6.35. The molecule has 2 heterocycles. The van der Waals surface area contributed by atoms with E-state index in [2.05, 4.69) is 21.4 Å². The molecule has 0 saturated heterocycles. The number of anilines is 2. The number of nitrogen functional groups attached to an aromatic ring is 1. The molecule has 0 radical (unpaired) electrons. The summed E-state index contributed by atoms with van der Waals surface area (Å²) in [6.45, 7) is 5.88. The third-order valence-corrected chi connectivity index (χ3v) is 6.24. The molecule has 0 amide bonds. The van der Waals surface area contributed by atoms with Crippen LogP contribution in [0, 0.1) is 0 Å². The smallest absolute Gasteiger partial charge is 0.164 e. The van der Waals surface area contributed by atoms with E-state index in [1.54, 1.807) is 23.0 Å².